The number of pyridine rings is 1. The van der Waals surface area contributed by atoms with Crippen LogP contribution < -0.4 is 10.0 Å². The van der Waals surface area contributed by atoms with Gasteiger partial charge in [-0.05, 0) is 43.9 Å². The fraction of sp³-hybridized carbons (Fsp3) is 0.435. The van der Waals surface area contributed by atoms with Crippen LogP contribution in [-0.4, -0.2) is 55.3 Å². The number of methoxy groups -OCH3 is 1. The Hall–Kier alpha value is -2.24. The van der Waals surface area contributed by atoms with Crippen LogP contribution in [0.3, 0.4) is 0 Å². The molecule has 2 aromatic rings. The Bertz CT molecular complexity index is 1120. The maximum Gasteiger partial charge on any atom is 0.324 e. The fourth-order valence-electron chi connectivity index (χ4n) is 3.29. The van der Waals surface area contributed by atoms with E-state index >= 15 is 0 Å². The number of hydrogen-bond acceptors (Lipinski definition) is 6. The largest absolute Gasteiger partial charge is 0.468 e. The van der Waals surface area contributed by atoms with Crippen molar-refractivity contribution in [1.82, 2.24) is 14.0 Å². The van der Waals surface area contributed by atoms with Crippen LogP contribution in [0.5, 0.6) is 0 Å². The maximum atomic E-state index is 13.0. The Balaban J connectivity index is 2.17. The van der Waals surface area contributed by atoms with Crippen molar-refractivity contribution in [2.75, 3.05) is 19.0 Å². The SMILES string of the molecule is COC(=O)[C@H](Cc1ccc(NC(=O)c2c(Cl)cncc2Cl)cc1)NS(=O)(=O)N(CC(C)C)C(C)C. The van der Waals surface area contributed by atoms with Gasteiger partial charge in [-0.3, -0.25) is 14.6 Å². The number of esters is 1. The van der Waals surface area contributed by atoms with Crippen LogP contribution in [0, 0.1) is 5.92 Å². The predicted molar refractivity (Wildman–Crippen MR) is 137 cm³/mol. The van der Waals surface area contributed by atoms with Crippen molar-refractivity contribution in [2.24, 2.45) is 5.92 Å². The van der Waals surface area contributed by atoms with E-state index in [1.807, 2.05) is 13.8 Å². The Morgan fingerprint density at radius 1 is 1.06 bits per heavy atom. The van der Waals surface area contributed by atoms with Crippen LogP contribution >= 0.6 is 23.2 Å². The number of nitrogens with zero attached hydrogens (tertiary/aromatic N) is 2. The van der Waals surface area contributed by atoms with E-state index in [-0.39, 0.29) is 34.0 Å². The van der Waals surface area contributed by atoms with Gasteiger partial charge >= 0.3 is 5.97 Å². The predicted octanol–water partition coefficient (Wildman–Crippen LogP) is 3.93. The lowest BCUT2D eigenvalue weighted by Crippen LogP contribution is -2.52. The van der Waals surface area contributed by atoms with E-state index < -0.39 is 28.1 Å². The molecule has 12 heteroatoms. The van der Waals surface area contributed by atoms with Gasteiger partial charge in [-0.25, -0.2) is 0 Å². The van der Waals surface area contributed by atoms with Gasteiger partial charge in [-0.2, -0.15) is 17.4 Å². The number of carbonyl (C=O) groups excluding carboxylic acids is 2. The minimum absolute atomic E-state index is 0.0513. The summed E-state index contributed by atoms with van der Waals surface area (Å²) in [7, 11) is -2.76. The summed E-state index contributed by atoms with van der Waals surface area (Å²) < 4.78 is 34.7. The van der Waals surface area contributed by atoms with Gasteiger partial charge in [0.1, 0.15) is 6.04 Å². The molecule has 9 nitrogen and oxygen atoms in total. The number of anilines is 1. The Morgan fingerprint density at radius 2 is 1.63 bits per heavy atom. The smallest absolute Gasteiger partial charge is 0.324 e. The molecule has 35 heavy (non-hydrogen) atoms. The molecule has 0 aliphatic heterocycles. The van der Waals surface area contributed by atoms with E-state index in [9.17, 15) is 18.0 Å². The van der Waals surface area contributed by atoms with Crippen LogP contribution in [0.2, 0.25) is 10.0 Å². The summed E-state index contributed by atoms with van der Waals surface area (Å²) in [6.07, 6.45) is 2.69. The highest BCUT2D eigenvalue weighted by molar-refractivity contribution is 7.87. The summed E-state index contributed by atoms with van der Waals surface area (Å²) in [6.45, 7) is 7.68. The van der Waals surface area contributed by atoms with E-state index in [1.165, 1.54) is 23.8 Å². The first-order chi connectivity index (χ1) is 16.4. The van der Waals surface area contributed by atoms with Crippen molar-refractivity contribution in [3.63, 3.8) is 0 Å². The van der Waals surface area contributed by atoms with Gasteiger partial charge in [0.25, 0.3) is 16.1 Å². The first kappa shape index (κ1) is 29.0. The van der Waals surface area contributed by atoms with E-state index in [0.717, 1.165) is 0 Å². The molecule has 1 atom stereocenters. The molecule has 1 aromatic carbocycles. The average Bonchev–Trinajstić information content (AvgIpc) is 2.77. The summed E-state index contributed by atoms with van der Waals surface area (Å²) in [5, 5.41) is 2.93. The first-order valence-electron chi connectivity index (χ1n) is 10.9. The summed E-state index contributed by atoms with van der Waals surface area (Å²) in [6, 6.07) is 5.16. The van der Waals surface area contributed by atoms with Gasteiger partial charge in [0.2, 0.25) is 0 Å². The molecule has 0 bridgehead atoms. The Kier molecular flexibility index (Phi) is 10.5. The number of aromatic nitrogens is 1. The zero-order chi connectivity index (χ0) is 26.3. The van der Waals surface area contributed by atoms with Crippen molar-refractivity contribution >= 4 is 51.0 Å². The summed E-state index contributed by atoms with van der Waals surface area (Å²) in [4.78, 5) is 28.8. The number of rotatable bonds is 11. The molecule has 0 unspecified atom stereocenters. The van der Waals surface area contributed by atoms with Crippen LogP contribution in [-0.2, 0) is 26.2 Å². The molecule has 192 valence electrons. The number of amides is 1. The Labute approximate surface area is 216 Å². The van der Waals surface area contributed by atoms with Crippen LogP contribution in [0.1, 0.15) is 43.6 Å². The second-order valence-corrected chi connectivity index (χ2v) is 11.1. The number of hydrogen-bond donors (Lipinski definition) is 2. The monoisotopic (exact) mass is 544 g/mol. The van der Waals surface area contributed by atoms with E-state index in [1.54, 1.807) is 38.1 Å². The first-order valence-corrected chi connectivity index (χ1v) is 13.1. The lowest BCUT2D eigenvalue weighted by atomic mass is 10.1. The van der Waals surface area contributed by atoms with Crippen LogP contribution in [0.25, 0.3) is 0 Å². The summed E-state index contributed by atoms with van der Waals surface area (Å²) >= 11 is 12.1. The molecule has 0 aliphatic rings. The van der Waals surface area contributed by atoms with Gasteiger partial charge in [-0.15, -0.1) is 0 Å². The zero-order valence-electron chi connectivity index (χ0n) is 20.2. The second-order valence-electron chi connectivity index (χ2n) is 8.59. The molecule has 2 N–H and O–H groups in total. The van der Waals surface area contributed by atoms with E-state index in [4.69, 9.17) is 27.9 Å². The number of carbonyl (C=O) groups is 2. The van der Waals surface area contributed by atoms with Crippen molar-refractivity contribution in [3.8, 4) is 0 Å². The molecule has 1 heterocycles. The highest BCUT2D eigenvalue weighted by atomic mass is 35.5. The van der Waals surface area contributed by atoms with Crippen molar-refractivity contribution in [3.05, 3.63) is 57.8 Å². The standard InChI is InChI=1S/C23H30Cl2N4O5S/c1-14(2)13-29(15(3)4)35(32,33)28-20(23(31)34-5)10-16-6-8-17(9-7-16)27-22(30)21-18(24)11-26-12-19(21)25/h6-9,11-12,14-15,20,28H,10,13H2,1-5H3,(H,27,30)/t20-/m0/s1. The van der Waals surface area contributed by atoms with E-state index in [2.05, 4.69) is 15.0 Å². The second kappa shape index (κ2) is 12.6. The number of nitrogens with one attached hydrogen (secondary N) is 2. The third-order valence-corrected chi connectivity index (χ3v) is 7.28. The molecule has 0 radical (unpaired) electrons. The van der Waals surface area contributed by atoms with Crippen molar-refractivity contribution in [2.45, 2.75) is 46.2 Å². The third-order valence-electron chi connectivity index (χ3n) is 4.94. The number of halogens is 2. The average molecular weight is 545 g/mol. The molecular formula is C23H30Cl2N4O5S. The molecule has 0 aliphatic carbocycles. The fourth-order valence-corrected chi connectivity index (χ4v) is 5.55. The molecule has 1 amide bonds. The minimum Gasteiger partial charge on any atom is -0.468 e. The Morgan fingerprint density at radius 3 is 2.11 bits per heavy atom. The summed E-state index contributed by atoms with van der Waals surface area (Å²) in [5.74, 6) is -1.11. The van der Waals surface area contributed by atoms with Gasteiger partial charge in [0.05, 0.1) is 22.7 Å². The number of ether oxygens (including phenoxy) is 1. The lowest BCUT2D eigenvalue weighted by molar-refractivity contribution is -0.142. The van der Waals surface area contributed by atoms with Gasteiger partial charge in [0, 0.05) is 30.7 Å². The van der Waals surface area contributed by atoms with Gasteiger partial charge < -0.3 is 10.1 Å². The molecular weight excluding hydrogens is 515 g/mol. The topological polar surface area (TPSA) is 118 Å². The van der Waals surface area contributed by atoms with Gasteiger partial charge in [-0.1, -0.05) is 49.2 Å². The van der Waals surface area contributed by atoms with Gasteiger partial charge in [0.15, 0.2) is 0 Å². The molecule has 0 saturated carbocycles. The zero-order valence-corrected chi connectivity index (χ0v) is 22.5. The summed E-state index contributed by atoms with van der Waals surface area (Å²) in [5.41, 5.74) is 1.21. The normalized spacial score (nSPS) is 12.7. The lowest BCUT2D eigenvalue weighted by Gasteiger charge is -2.29. The highest BCUT2D eigenvalue weighted by Crippen LogP contribution is 2.24. The van der Waals surface area contributed by atoms with Crippen molar-refractivity contribution in [1.29, 1.82) is 0 Å². The molecule has 2 rings (SSSR count). The minimum atomic E-state index is -3.96. The quantitative estimate of drug-likeness (QED) is 0.414. The number of benzene rings is 1. The van der Waals surface area contributed by atoms with Crippen molar-refractivity contribution < 1.29 is 22.7 Å². The maximum absolute atomic E-state index is 13.0. The van der Waals surface area contributed by atoms with E-state index in [0.29, 0.717) is 17.8 Å². The molecule has 1 aromatic heterocycles. The highest BCUT2D eigenvalue weighted by Gasteiger charge is 2.32. The molecule has 0 fully saturated rings. The van der Waals surface area contributed by atoms with Crippen LogP contribution in [0.15, 0.2) is 36.7 Å². The van der Waals surface area contributed by atoms with Crippen LogP contribution in [0.4, 0.5) is 5.69 Å². The molecule has 0 spiro atoms. The molecule has 0 saturated heterocycles. The third kappa shape index (κ3) is 8.15.